The van der Waals surface area contributed by atoms with E-state index in [0.29, 0.717) is 35.3 Å². The highest BCUT2D eigenvalue weighted by atomic mass is 16.5. The summed E-state index contributed by atoms with van der Waals surface area (Å²) in [6.45, 7) is 2.61. The van der Waals surface area contributed by atoms with Gasteiger partial charge in [0.05, 0.1) is 18.3 Å². The number of ether oxygens (including phenoxy) is 1. The molecule has 5 rings (SSSR count). The smallest absolute Gasteiger partial charge is 0.211 e. The van der Waals surface area contributed by atoms with Crippen LogP contribution in [0.5, 0.6) is 5.88 Å². The predicted molar refractivity (Wildman–Crippen MR) is 115 cm³/mol. The van der Waals surface area contributed by atoms with E-state index in [1.807, 2.05) is 30.5 Å². The van der Waals surface area contributed by atoms with Crippen molar-refractivity contribution in [3.05, 3.63) is 42.7 Å². The van der Waals surface area contributed by atoms with Crippen LogP contribution >= 0.6 is 0 Å². The highest BCUT2D eigenvalue weighted by Gasteiger charge is 2.18. The largest absolute Gasteiger partial charge is 0.478 e. The van der Waals surface area contributed by atoms with Gasteiger partial charge in [0.2, 0.25) is 5.88 Å². The maximum atomic E-state index is 6.24. The number of benzene rings is 1. The Kier molecular flexibility index (Phi) is 4.56. The van der Waals surface area contributed by atoms with Gasteiger partial charge in [-0.05, 0) is 44.0 Å². The molecule has 0 unspecified atom stereocenters. The van der Waals surface area contributed by atoms with Gasteiger partial charge in [0, 0.05) is 28.2 Å². The van der Waals surface area contributed by atoms with Crippen molar-refractivity contribution in [1.82, 2.24) is 24.9 Å². The lowest BCUT2D eigenvalue weighted by Gasteiger charge is -2.23. The average molecular weight is 384 g/mol. The zero-order valence-corrected chi connectivity index (χ0v) is 16.0. The van der Waals surface area contributed by atoms with Gasteiger partial charge in [-0.3, -0.25) is 4.98 Å². The van der Waals surface area contributed by atoms with Crippen LogP contribution in [0.4, 0.5) is 5.82 Å². The summed E-state index contributed by atoms with van der Waals surface area (Å²) in [4.78, 5) is 9.21. The molecule has 2 radical (unpaired) electrons. The summed E-state index contributed by atoms with van der Waals surface area (Å²) in [5.74, 6) is 1.18. The maximum Gasteiger partial charge on any atom is 0.211 e. The number of piperidine rings is 1. The minimum Gasteiger partial charge on any atom is -0.478 e. The number of fused-ring (bicyclic) bond motifs is 2. The number of nitrogen functional groups attached to an aromatic ring is 1. The molecule has 1 aliphatic rings. The molecule has 4 aromatic rings. The molecule has 29 heavy (non-hydrogen) atoms. The first-order chi connectivity index (χ1) is 14.2. The molecule has 0 spiro atoms. The zero-order valence-electron chi connectivity index (χ0n) is 16.0. The summed E-state index contributed by atoms with van der Waals surface area (Å²) in [6, 6.07) is 10.1. The van der Waals surface area contributed by atoms with Crippen LogP contribution in [0, 0.1) is 5.92 Å². The monoisotopic (exact) mass is 384 g/mol. The summed E-state index contributed by atoms with van der Waals surface area (Å²) in [5, 5.41) is 8.79. The molecule has 0 bridgehead atoms. The number of pyridine rings is 1. The van der Waals surface area contributed by atoms with Crippen LogP contribution in [-0.4, -0.2) is 47.1 Å². The summed E-state index contributed by atoms with van der Waals surface area (Å²) in [6.07, 6.45) is 5.72. The number of rotatable bonds is 4. The molecule has 1 saturated heterocycles. The summed E-state index contributed by atoms with van der Waals surface area (Å²) >= 11 is 0. The number of nitrogens with one attached hydrogen (secondary N) is 1. The fourth-order valence-electron chi connectivity index (χ4n) is 3.78. The van der Waals surface area contributed by atoms with E-state index < -0.39 is 0 Å². The van der Waals surface area contributed by atoms with Gasteiger partial charge in [-0.15, -0.1) is 0 Å². The molecule has 3 aromatic heterocycles. The Morgan fingerprint density at radius 1 is 1.21 bits per heavy atom. The van der Waals surface area contributed by atoms with E-state index in [2.05, 4.69) is 26.4 Å². The second kappa shape index (κ2) is 7.37. The van der Waals surface area contributed by atoms with E-state index >= 15 is 0 Å². The molecule has 0 amide bonds. The molecule has 8 heteroatoms. The first-order valence-corrected chi connectivity index (χ1v) is 9.82. The SMILES string of the molecule is [B]c1c(OCC2CCNCC2)nc2c(-c3cnc4ccccc4c3)cnn2c1N. The Morgan fingerprint density at radius 2 is 2.03 bits per heavy atom. The second-order valence-corrected chi connectivity index (χ2v) is 7.43. The van der Waals surface area contributed by atoms with Gasteiger partial charge in [-0.1, -0.05) is 18.2 Å². The van der Waals surface area contributed by atoms with Crippen LogP contribution in [-0.2, 0) is 0 Å². The maximum absolute atomic E-state index is 6.24. The van der Waals surface area contributed by atoms with E-state index in [-0.39, 0.29) is 0 Å². The van der Waals surface area contributed by atoms with E-state index in [0.717, 1.165) is 48.0 Å². The van der Waals surface area contributed by atoms with Crippen molar-refractivity contribution < 1.29 is 4.74 Å². The van der Waals surface area contributed by atoms with Gasteiger partial charge in [0.1, 0.15) is 13.7 Å². The number of hydrogen-bond acceptors (Lipinski definition) is 6. The number of nitrogens with two attached hydrogens (primary N) is 1. The fraction of sp³-hybridized carbons (Fsp3) is 0.286. The van der Waals surface area contributed by atoms with E-state index in [4.69, 9.17) is 18.3 Å². The molecule has 1 aliphatic heterocycles. The summed E-state index contributed by atoms with van der Waals surface area (Å²) < 4.78 is 7.55. The highest BCUT2D eigenvalue weighted by Crippen LogP contribution is 2.27. The van der Waals surface area contributed by atoms with Gasteiger partial charge in [0.25, 0.3) is 0 Å². The van der Waals surface area contributed by atoms with Crippen molar-refractivity contribution in [3.63, 3.8) is 0 Å². The first-order valence-electron chi connectivity index (χ1n) is 9.82. The van der Waals surface area contributed by atoms with Crippen LogP contribution in [0.2, 0.25) is 0 Å². The number of anilines is 1. The third kappa shape index (κ3) is 3.29. The fourth-order valence-corrected chi connectivity index (χ4v) is 3.78. The Hall–Kier alpha value is -3.13. The number of nitrogens with zero attached hydrogens (tertiary/aromatic N) is 4. The van der Waals surface area contributed by atoms with Crippen molar-refractivity contribution >= 4 is 35.7 Å². The Morgan fingerprint density at radius 3 is 2.90 bits per heavy atom. The van der Waals surface area contributed by atoms with E-state index in [1.165, 1.54) is 0 Å². The Balaban J connectivity index is 1.53. The zero-order chi connectivity index (χ0) is 19.8. The van der Waals surface area contributed by atoms with Gasteiger partial charge < -0.3 is 15.8 Å². The van der Waals surface area contributed by atoms with Crippen molar-refractivity contribution in [2.24, 2.45) is 5.92 Å². The topological polar surface area (TPSA) is 90.4 Å². The molecular formula is C21H21BN6O. The molecule has 0 aliphatic carbocycles. The second-order valence-electron chi connectivity index (χ2n) is 7.43. The molecule has 144 valence electrons. The van der Waals surface area contributed by atoms with Crippen molar-refractivity contribution in [2.45, 2.75) is 12.8 Å². The number of aromatic nitrogens is 4. The number of hydrogen-bond donors (Lipinski definition) is 2. The van der Waals surface area contributed by atoms with Crippen molar-refractivity contribution in [1.29, 1.82) is 0 Å². The molecule has 4 heterocycles. The summed E-state index contributed by atoms with van der Waals surface area (Å²) in [7, 11) is 6.19. The first kappa shape index (κ1) is 17.9. The predicted octanol–water partition coefficient (Wildman–Crippen LogP) is 1.70. The van der Waals surface area contributed by atoms with Gasteiger partial charge in [-0.2, -0.15) is 14.6 Å². The van der Waals surface area contributed by atoms with Crippen molar-refractivity contribution in [2.75, 3.05) is 25.4 Å². The lowest BCUT2D eigenvalue weighted by Crippen LogP contribution is -2.31. The van der Waals surface area contributed by atoms with Crippen LogP contribution in [0.15, 0.2) is 42.7 Å². The molecule has 1 aromatic carbocycles. The molecule has 0 saturated carbocycles. The summed E-state index contributed by atoms with van der Waals surface area (Å²) in [5.41, 5.74) is 9.85. The third-order valence-electron chi connectivity index (χ3n) is 5.50. The number of para-hydroxylation sites is 1. The van der Waals surface area contributed by atoms with Crippen LogP contribution in [0.1, 0.15) is 12.8 Å². The molecular weight excluding hydrogens is 363 g/mol. The molecule has 1 fully saturated rings. The standard InChI is InChI=1S/C21H21BN6O/c22-18-19(23)28-20(27-21(18)29-12-13-5-7-24-8-6-13)16(11-26-28)15-9-14-3-1-2-4-17(14)25-10-15/h1-4,9-11,13,24H,5-8,12,23H2. The van der Waals surface area contributed by atoms with Crippen LogP contribution in [0.3, 0.4) is 0 Å². The van der Waals surface area contributed by atoms with Gasteiger partial charge in [-0.25, -0.2) is 0 Å². The third-order valence-corrected chi connectivity index (χ3v) is 5.50. The van der Waals surface area contributed by atoms with Gasteiger partial charge >= 0.3 is 0 Å². The quantitative estimate of drug-likeness (QED) is 0.521. The van der Waals surface area contributed by atoms with E-state index in [1.54, 1.807) is 10.7 Å². The van der Waals surface area contributed by atoms with Crippen LogP contribution < -0.4 is 21.3 Å². The molecule has 3 N–H and O–H groups in total. The molecule has 0 atom stereocenters. The lowest BCUT2D eigenvalue weighted by atomic mass is 9.97. The minimum absolute atomic E-state index is 0.317. The highest BCUT2D eigenvalue weighted by molar-refractivity contribution is 6.37. The molecule has 7 nitrogen and oxygen atoms in total. The lowest BCUT2D eigenvalue weighted by molar-refractivity contribution is 0.211. The van der Waals surface area contributed by atoms with E-state index in [9.17, 15) is 0 Å². The Bertz CT molecular complexity index is 1180. The minimum atomic E-state index is 0.317. The van der Waals surface area contributed by atoms with Crippen LogP contribution in [0.25, 0.3) is 27.7 Å². The average Bonchev–Trinajstić information content (AvgIpc) is 3.19. The normalized spacial score (nSPS) is 15.2. The van der Waals surface area contributed by atoms with Crippen molar-refractivity contribution in [3.8, 4) is 17.0 Å². The Labute approximate surface area is 169 Å². The van der Waals surface area contributed by atoms with Gasteiger partial charge in [0.15, 0.2) is 5.65 Å².